The maximum absolute atomic E-state index is 12.9. The number of nitrogens with one attached hydrogen (secondary N) is 1. The molecule has 0 aromatic heterocycles. The average Bonchev–Trinajstić information content (AvgIpc) is 2.69. The first-order valence-electron chi connectivity index (χ1n) is 10.0. The number of nitrogens with zero attached hydrogens (tertiary/aromatic N) is 1. The number of rotatable bonds is 6. The highest BCUT2D eigenvalue weighted by atomic mass is 32.2. The number of hydrogen-bond acceptors (Lipinski definition) is 3. The highest BCUT2D eigenvalue weighted by molar-refractivity contribution is 7.89. The Morgan fingerprint density at radius 2 is 2.11 bits per heavy atom. The highest BCUT2D eigenvalue weighted by Gasteiger charge is 2.29. The van der Waals surface area contributed by atoms with Crippen molar-refractivity contribution < 1.29 is 13.2 Å². The van der Waals surface area contributed by atoms with Crippen molar-refractivity contribution in [3.05, 3.63) is 41.5 Å². The Morgan fingerprint density at radius 3 is 2.85 bits per heavy atom. The Bertz CT molecular complexity index is 801. The molecule has 6 heteroatoms. The van der Waals surface area contributed by atoms with Crippen LogP contribution in [0.4, 0.5) is 0 Å². The van der Waals surface area contributed by atoms with Crippen molar-refractivity contribution in [2.45, 2.75) is 56.8 Å². The summed E-state index contributed by atoms with van der Waals surface area (Å²) in [5, 5.41) is 2.92. The minimum atomic E-state index is -3.54. The van der Waals surface area contributed by atoms with Crippen molar-refractivity contribution in [1.82, 2.24) is 9.62 Å². The molecule has 1 fully saturated rings. The van der Waals surface area contributed by atoms with Gasteiger partial charge in [0.05, 0.1) is 4.90 Å². The Morgan fingerprint density at radius 1 is 1.26 bits per heavy atom. The van der Waals surface area contributed by atoms with Gasteiger partial charge in [-0.3, -0.25) is 4.79 Å². The monoisotopic (exact) mass is 390 g/mol. The molecule has 1 aromatic carbocycles. The second kappa shape index (κ2) is 9.02. The van der Waals surface area contributed by atoms with Crippen LogP contribution in [0.5, 0.6) is 0 Å². The summed E-state index contributed by atoms with van der Waals surface area (Å²) in [4.78, 5) is 12.7. The van der Waals surface area contributed by atoms with Gasteiger partial charge in [0, 0.05) is 25.2 Å². The van der Waals surface area contributed by atoms with E-state index in [1.54, 1.807) is 22.5 Å². The van der Waals surface area contributed by atoms with E-state index >= 15 is 0 Å². The summed E-state index contributed by atoms with van der Waals surface area (Å²) in [6.07, 6.45) is 9.84. The largest absolute Gasteiger partial charge is 0.352 e. The summed E-state index contributed by atoms with van der Waals surface area (Å²) in [6.45, 7) is 3.77. The van der Waals surface area contributed by atoms with E-state index in [1.165, 1.54) is 24.5 Å². The second-order valence-corrected chi connectivity index (χ2v) is 9.69. The molecule has 1 N–H and O–H groups in total. The molecule has 1 aliphatic carbocycles. The zero-order valence-corrected chi connectivity index (χ0v) is 16.9. The summed E-state index contributed by atoms with van der Waals surface area (Å²) < 4.78 is 27.4. The number of carbonyl (C=O) groups excluding carboxylic acids is 1. The normalized spacial score (nSPS) is 21.5. The van der Waals surface area contributed by atoms with Crippen molar-refractivity contribution in [1.29, 1.82) is 0 Å². The van der Waals surface area contributed by atoms with Crippen LogP contribution < -0.4 is 5.32 Å². The van der Waals surface area contributed by atoms with Crippen LogP contribution >= 0.6 is 0 Å². The van der Waals surface area contributed by atoms with Crippen LogP contribution in [0.3, 0.4) is 0 Å². The van der Waals surface area contributed by atoms with Gasteiger partial charge in [-0.15, -0.1) is 0 Å². The van der Waals surface area contributed by atoms with Gasteiger partial charge in [-0.05, 0) is 69.1 Å². The molecule has 5 nitrogen and oxygen atoms in total. The van der Waals surface area contributed by atoms with E-state index in [4.69, 9.17) is 0 Å². The van der Waals surface area contributed by atoms with Gasteiger partial charge in [0.15, 0.2) is 0 Å². The lowest BCUT2D eigenvalue weighted by molar-refractivity contribution is 0.0954. The number of amides is 1. The Balaban J connectivity index is 1.63. The Kier molecular flexibility index (Phi) is 6.71. The molecule has 1 heterocycles. The van der Waals surface area contributed by atoms with Gasteiger partial charge in [-0.25, -0.2) is 8.42 Å². The first-order chi connectivity index (χ1) is 13.0. The minimum Gasteiger partial charge on any atom is -0.352 e. The summed E-state index contributed by atoms with van der Waals surface area (Å²) in [5.74, 6) is 0.157. The van der Waals surface area contributed by atoms with Gasteiger partial charge in [0.2, 0.25) is 10.0 Å². The van der Waals surface area contributed by atoms with Crippen LogP contribution in [0.1, 0.15) is 62.2 Å². The van der Waals surface area contributed by atoms with E-state index in [9.17, 15) is 13.2 Å². The van der Waals surface area contributed by atoms with Crippen molar-refractivity contribution in [3.8, 4) is 0 Å². The van der Waals surface area contributed by atoms with Crippen molar-refractivity contribution in [3.63, 3.8) is 0 Å². The van der Waals surface area contributed by atoms with Crippen molar-refractivity contribution in [2.75, 3.05) is 19.6 Å². The minimum absolute atomic E-state index is 0.208. The van der Waals surface area contributed by atoms with Crippen LogP contribution in [0.2, 0.25) is 0 Å². The van der Waals surface area contributed by atoms with E-state index in [1.807, 2.05) is 0 Å². The van der Waals surface area contributed by atoms with Crippen LogP contribution in [0.25, 0.3) is 0 Å². The quantitative estimate of drug-likeness (QED) is 0.753. The standard InChI is InChI=1S/C21H30N2O3S/c1-17-7-6-14-23(16-17)27(25,26)20-11-5-10-19(15-20)21(24)22-13-12-18-8-3-2-4-9-18/h5,8,10-11,15,17H,2-4,6-7,9,12-14,16H2,1H3,(H,22,24). The summed E-state index contributed by atoms with van der Waals surface area (Å²) in [5.41, 5.74) is 1.82. The van der Waals surface area contributed by atoms with Crippen molar-refractivity contribution >= 4 is 15.9 Å². The molecular weight excluding hydrogens is 360 g/mol. The molecule has 0 bridgehead atoms. The van der Waals surface area contributed by atoms with Crippen molar-refractivity contribution in [2.24, 2.45) is 5.92 Å². The predicted octanol–water partition coefficient (Wildman–Crippen LogP) is 3.73. The van der Waals surface area contributed by atoms with Crippen LogP contribution in [0.15, 0.2) is 40.8 Å². The molecule has 1 aromatic rings. The second-order valence-electron chi connectivity index (χ2n) is 7.75. The SMILES string of the molecule is CC1CCCN(S(=O)(=O)c2cccc(C(=O)NCCC3=CCCCC3)c2)C1. The third-order valence-corrected chi connectivity index (χ3v) is 7.33. The fourth-order valence-corrected chi connectivity index (χ4v) is 5.53. The van der Waals surface area contributed by atoms with Crippen LogP contribution in [-0.4, -0.2) is 38.3 Å². The van der Waals surface area contributed by atoms with Gasteiger partial charge in [0.25, 0.3) is 5.91 Å². The summed E-state index contributed by atoms with van der Waals surface area (Å²) in [6, 6.07) is 6.41. The molecule has 0 spiro atoms. The molecular formula is C21H30N2O3S. The fraction of sp³-hybridized carbons (Fsp3) is 0.571. The Labute approximate surface area is 162 Å². The van der Waals surface area contributed by atoms with Gasteiger partial charge in [-0.1, -0.05) is 24.6 Å². The molecule has 148 valence electrons. The third-order valence-electron chi connectivity index (χ3n) is 5.47. The average molecular weight is 391 g/mol. The first kappa shape index (κ1) is 20.1. The van der Waals surface area contributed by atoms with E-state index in [0.717, 1.165) is 32.1 Å². The van der Waals surface area contributed by atoms with Gasteiger partial charge < -0.3 is 5.32 Å². The molecule has 1 unspecified atom stereocenters. The topological polar surface area (TPSA) is 66.5 Å². The van der Waals surface area contributed by atoms with E-state index in [-0.39, 0.29) is 10.8 Å². The molecule has 0 radical (unpaired) electrons. The summed E-state index contributed by atoms with van der Waals surface area (Å²) in [7, 11) is -3.54. The van der Waals surface area contributed by atoms with E-state index in [2.05, 4.69) is 18.3 Å². The molecule has 1 amide bonds. The molecule has 2 aliphatic rings. The molecule has 1 saturated heterocycles. The number of hydrogen-bond donors (Lipinski definition) is 1. The van der Waals surface area contributed by atoms with Gasteiger partial charge in [-0.2, -0.15) is 4.31 Å². The number of piperidine rings is 1. The maximum Gasteiger partial charge on any atom is 0.251 e. The van der Waals surface area contributed by atoms with E-state index in [0.29, 0.717) is 31.1 Å². The van der Waals surface area contributed by atoms with Crippen LogP contribution in [-0.2, 0) is 10.0 Å². The zero-order valence-electron chi connectivity index (χ0n) is 16.1. The summed E-state index contributed by atoms with van der Waals surface area (Å²) >= 11 is 0. The molecule has 27 heavy (non-hydrogen) atoms. The first-order valence-corrected chi connectivity index (χ1v) is 11.5. The van der Waals surface area contributed by atoms with Gasteiger partial charge >= 0.3 is 0 Å². The lowest BCUT2D eigenvalue weighted by Gasteiger charge is -2.30. The highest BCUT2D eigenvalue weighted by Crippen LogP contribution is 2.24. The zero-order chi connectivity index (χ0) is 19.3. The molecule has 0 saturated carbocycles. The lowest BCUT2D eigenvalue weighted by atomic mass is 9.97. The van der Waals surface area contributed by atoms with Crippen LogP contribution in [0, 0.1) is 5.92 Å². The smallest absolute Gasteiger partial charge is 0.251 e. The maximum atomic E-state index is 12.9. The van der Waals surface area contributed by atoms with E-state index < -0.39 is 10.0 Å². The molecule has 1 atom stereocenters. The predicted molar refractivity (Wildman–Crippen MR) is 107 cm³/mol. The molecule has 3 rings (SSSR count). The van der Waals surface area contributed by atoms with Gasteiger partial charge in [0.1, 0.15) is 0 Å². The number of benzene rings is 1. The number of carbonyl (C=O) groups is 1. The number of sulfonamides is 1. The number of allylic oxidation sites excluding steroid dienone is 1. The lowest BCUT2D eigenvalue weighted by Crippen LogP contribution is -2.39. The Hall–Kier alpha value is -1.66. The molecule has 1 aliphatic heterocycles. The third kappa shape index (κ3) is 5.20. The fourth-order valence-electron chi connectivity index (χ4n) is 3.88.